The number of hydrogen-bond acceptors (Lipinski definition) is 2. The molecular formula is C16H22N2O3. The average molecular weight is 290 g/mol. The minimum Gasteiger partial charge on any atom is -0.481 e. The smallest absolute Gasteiger partial charge is 0.321 e. The standard InChI is InChI=1S/C16H22N2O3/c19-15(20)9-3-1-2-6-11-17-16(21)18-12-10-13-7-4-5-8-14(13)18/h4-5,7-8H,1-3,6,9-12H2,(H,17,21)(H,19,20). The van der Waals surface area contributed by atoms with Gasteiger partial charge in [-0.05, 0) is 30.9 Å². The molecule has 21 heavy (non-hydrogen) atoms. The normalized spacial score (nSPS) is 13.0. The number of aliphatic carboxylic acids is 1. The SMILES string of the molecule is O=C(O)CCCCCCNC(=O)N1CCc2ccccc21. The molecule has 0 atom stereocenters. The number of unbranched alkanes of at least 4 members (excludes halogenated alkanes) is 3. The van der Waals surface area contributed by atoms with Crippen molar-refractivity contribution in [2.24, 2.45) is 0 Å². The first kappa shape index (κ1) is 15.4. The molecule has 5 heteroatoms. The van der Waals surface area contributed by atoms with Crippen molar-refractivity contribution in [3.63, 3.8) is 0 Å². The monoisotopic (exact) mass is 290 g/mol. The first-order valence-electron chi connectivity index (χ1n) is 7.53. The van der Waals surface area contributed by atoms with Crippen LogP contribution in [0.1, 0.15) is 37.7 Å². The van der Waals surface area contributed by atoms with Gasteiger partial charge in [-0.1, -0.05) is 31.0 Å². The second kappa shape index (κ2) is 7.67. The summed E-state index contributed by atoms with van der Waals surface area (Å²) < 4.78 is 0. The highest BCUT2D eigenvalue weighted by atomic mass is 16.4. The highest BCUT2D eigenvalue weighted by Crippen LogP contribution is 2.27. The molecular weight excluding hydrogens is 268 g/mol. The number of carboxylic acids is 1. The van der Waals surface area contributed by atoms with Crippen LogP contribution in [0.4, 0.5) is 10.5 Å². The number of rotatable bonds is 7. The number of amides is 2. The molecule has 1 aliphatic rings. The summed E-state index contributed by atoms with van der Waals surface area (Å²) in [6.45, 7) is 1.38. The van der Waals surface area contributed by atoms with Gasteiger partial charge in [-0.25, -0.2) is 4.79 Å². The van der Waals surface area contributed by atoms with Crippen LogP contribution < -0.4 is 10.2 Å². The number of benzene rings is 1. The van der Waals surface area contributed by atoms with Crippen molar-refractivity contribution < 1.29 is 14.7 Å². The number of anilines is 1. The number of carboxylic acid groups (broad SMARTS) is 1. The minimum atomic E-state index is -0.740. The fraction of sp³-hybridized carbons (Fsp3) is 0.500. The summed E-state index contributed by atoms with van der Waals surface area (Å²) in [4.78, 5) is 24.3. The third kappa shape index (κ3) is 4.48. The largest absolute Gasteiger partial charge is 0.481 e. The van der Waals surface area contributed by atoms with E-state index in [0.717, 1.165) is 37.9 Å². The van der Waals surface area contributed by atoms with Crippen LogP contribution in [0.3, 0.4) is 0 Å². The Morgan fingerprint density at radius 3 is 2.71 bits per heavy atom. The Labute approximate surface area is 125 Å². The van der Waals surface area contributed by atoms with E-state index in [9.17, 15) is 9.59 Å². The van der Waals surface area contributed by atoms with Gasteiger partial charge in [0, 0.05) is 25.2 Å². The summed E-state index contributed by atoms with van der Waals surface area (Å²) in [5.41, 5.74) is 2.23. The Balaban J connectivity index is 1.64. The topological polar surface area (TPSA) is 69.6 Å². The van der Waals surface area contributed by atoms with Crippen LogP contribution >= 0.6 is 0 Å². The van der Waals surface area contributed by atoms with Crippen LogP contribution in [-0.4, -0.2) is 30.2 Å². The van der Waals surface area contributed by atoms with Gasteiger partial charge in [0.1, 0.15) is 0 Å². The van der Waals surface area contributed by atoms with E-state index in [2.05, 4.69) is 11.4 Å². The van der Waals surface area contributed by atoms with Crippen LogP contribution in [0.25, 0.3) is 0 Å². The number of para-hydroxylation sites is 1. The van der Waals surface area contributed by atoms with Crippen LogP contribution in [0.15, 0.2) is 24.3 Å². The molecule has 0 saturated carbocycles. The lowest BCUT2D eigenvalue weighted by molar-refractivity contribution is -0.137. The Kier molecular flexibility index (Phi) is 5.60. The zero-order valence-electron chi connectivity index (χ0n) is 12.2. The summed E-state index contributed by atoms with van der Waals surface area (Å²) in [6, 6.07) is 7.95. The molecule has 5 nitrogen and oxygen atoms in total. The number of urea groups is 1. The average Bonchev–Trinajstić information content (AvgIpc) is 2.89. The number of carbonyl (C=O) groups is 2. The number of fused-ring (bicyclic) bond motifs is 1. The number of nitrogens with one attached hydrogen (secondary N) is 1. The number of carbonyl (C=O) groups excluding carboxylic acids is 1. The van der Waals surface area contributed by atoms with E-state index in [4.69, 9.17) is 5.11 Å². The maximum absolute atomic E-state index is 12.1. The van der Waals surface area contributed by atoms with E-state index in [0.29, 0.717) is 13.0 Å². The highest BCUT2D eigenvalue weighted by molar-refractivity contribution is 5.94. The van der Waals surface area contributed by atoms with Gasteiger partial charge in [0.15, 0.2) is 0 Å². The molecule has 1 aromatic carbocycles. The second-order valence-electron chi connectivity index (χ2n) is 5.32. The summed E-state index contributed by atoms with van der Waals surface area (Å²) in [5.74, 6) is -0.740. The van der Waals surface area contributed by atoms with Gasteiger partial charge < -0.3 is 10.4 Å². The van der Waals surface area contributed by atoms with Crippen molar-refractivity contribution in [2.45, 2.75) is 38.5 Å². The maximum atomic E-state index is 12.1. The lowest BCUT2D eigenvalue weighted by atomic mass is 10.1. The van der Waals surface area contributed by atoms with Crippen molar-refractivity contribution in [3.8, 4) is 0 Å². The molecule has 114 valence electrons. The van der Waals surface area contributed by atoms with Gasteiger partial charge in [-0.3, -0.25) is 9.69 Å². The van der Waals surface area contributed by atoms with Crippen LogP contribution in [0.2, 0.25) is 0 Å². The van der Waals surface area contributed by atoms with Gasteiger partial charge in [0.05, 0.1) is 0 Å². The quantitative estimate of drug-likeness (QED) is 0.759. The molecule has 0 spiro atoms. The first-order chi connectivity index (χ1) is 10.2. The van der Waals surface area contributed by atoms with Crippen molar-refractivity contribution in [3.05, 3.63) is 29.8 Å². The molecule has 0 radical (unpaired) electrons. The predicted octanol–water partition coefficient (Wildman–Crippen LogP) is 2.79. The molecule has 1 aromatic rings. The molecule has 0 unspecified atom stereocenters. The zero-order chi connectivity index (χ0) is 15.1. The van der Waals surface area contributed by atoms with Crippen molar-refractivity contribution in [2.75, 3.05) is 18.0 Å². The molecule has 0 aliphatic carbocycles. The summed E-state index contributed by atoms with van der Waals surface area (Å²) in [5, 5.41) is 11.5. The Morgan fingerprint density at radius 1 is 1.14 bits per heavy atom. The fourth-order valence-corrected chi connectivity index (χ4v) is 2.59. The van der Waals surface area contributed by atoms with E-state index in [-0.39, 0.29) is 12.5 Å². The van der Waals surface area contributed by atoms with Crippen LogP contribution in [0.5, 0.6) is 0 Å². The third-order valence-corrected chi connectivity index (χ3v) is 3.73. The lowest BCUT2D eigenvalue weighted by Crippen LogP contribution is -2.39. The first-order valence-corrected chi connectivity index (χ1v) is 7.53. The molecule has 2 amide bonds. The Morgan fingerprint density at radius 2 is 1.90 bits per heavy atom. The van der Waals surface area contributed by atoms with E-state index in [1.165, 1.54) is 5.56 Å². The Hall–Kier alpha value is -2.04. The van der Waals surface area contributed by atoms with E-state index < -0.39 is 5.97 Å². The molecule has 1 aliphatic heterocycles. The van der Waals surface area contributed by atoms with Gasteiger partial charge in [0.25, 0.3) is 0 Å². The van der Waals surface area contributed by atoms with Gasteiger partial charge >= 0.3 is 12.0 Å². The molecule has 2 N–H and O–H groups in total. The minimum absolute atomic E-state index is 0.0366. The summed E-state index contributed by atoms with van der Waals surface area (Å²) in [7, 11) is 0. The maximum Gasteiger partial charge on any atom is 0.321 e. The van der Waals surface area contributed by atoms with Crippen LogP contribution in [-0.2, 0) is 11.2 Å². The van der Waals surface area contributed by atoms with E-state index in [1.807, 2.05) is 18.2 Å². The van der Waals surface area contributed by atoms with E-state index in [1.54, 1.807) is 4.90 Å². The number of hydrogen-bond donors (Lipinski definition) is 2. The van der Waals surface area contributed by atoms with Crippen molar-refractivity contribution >= 4 is 17.7 Å². The van der Waals surface area contributed by atoms with Crippen LogP contribution in [0, 0.1) is 0 Å². The molecule has 0 bridgehead atoms. The predicted molar refractivity (Wildman–Crippen MR) is 81.6 cm³/mol. The van der Waals surface area contributed by atoms with Crippen molar-refractivity contribution in [1.29, 1.82) is 0 Å². The number of nitrogens with zero attached hydrogens (tertiary/aromatic N) is 1. The fourth-order valence-electron chi connectivity index (χ4n) is 2.59. The molecule has 0 saturated heterocycles. The zero-order valence-corrected chi connectivity index (χ0v) is 12.2. The van der Waals surface area contributed by atoms with Crippen molar-refractivity contribution in [1.82, 2.24) is 5.32 Å². The highest BCUT2D eigenvalue weighted by Gasteiger charge is 2.23. The van der Waals surface area contributed by atoms with E-state index >= 15 is 0 Å². The molecule has 2 rings (SSSR count). The summed E-state index contributed by atoms with van der Waals surface area (Å²) >= 11 is 0. The second-order valence-corrected chi connectivity index (χ2v) is 5.32. The molecule has 0 fully saturated rings. The molecule has 0 aromatic heterocycles. The summed E-state index contributed by atoms with van der Waals surface area (Å²) in [6.07, 6.45) is 4.60. The molecule has 1 heterocycles. The third-order valence-electron chi connectivity index (χ3n) is 3.73. The lowest BCUT2D eigenvalue weighted by Gasteiger charge is -2.18. The Bertz CT molecular complexity index is 502. The van der Waals surface area contributed by atoms with Gasteiger partial charge in [-0.2, -0.15) is 0 Å². The van der Waals surface area contributed by atoms with Gasteiger partial charge in [-0.15, -0.1) is 0 Å². The van der Waals surface area contributed by atoms with Gasteiger partial charge in [0.2, 0.25) is 0 Å².